The van der Waals surface area contributed by atoms with Crippen LogP contribution in [0.4, 0.5) is 5.69 Å². The zero-order valence-electron chi connectivity index (χ0n) is 18.9. The fourth-order valence-corrected chi connectivity index (χ4v) is 5.36. The normalized spacial score (nSPS) is 13.9. The Hall–Kier alpha value is -3.01. The van der Waals surface area contributed by atoms with Gasteiger partial charge in [0.15, 0.2) is 0 Å². The summed E-state index contributed by atoms with van der Waals surface area (Å²) in [5.74, 6) is 2.10. The van der Waals surface area contributed by atoms with Crippen molar-refractivity contribution in [2.75, 3.05) is 22.4 Å². The van der Waals surface area contributed by atoms with Gasteiger partial charge in [-0.3, -0.25) is 9.10 Å². The van der Waals surface area contributed by atoms with Gasteiger partial charge in [-0.1, -0.05) is 41.4 Å². The molecule has 7 nitrogen and oxygen atoms in total. The number of hydrogen-bond acceptors (Lipinski definition) is 6. The van der Waals surface area contributed by atoms with Gasteiger partial charge in [0, 0.05) is 16.5 Å². The molecule has 0 bridgehead atoms. The summed E-state index contributed by atoms with van der Waals surface area (Å²) in [6.07, 6.45) is 1.71. The van der Waals surface area contributed by atoms with Crippen LogP contribution in [0.1, 0.15) is 11.1 Å². The molecule has 0 saturated carbocycles. The highest BCUT2D eigenvalue weighted by Crippen LogP contribution is 2.26. The molecule has 0 spiro atoms. The van der Waals surface area contributed by atoms with Gasteiger partial charge >= 0.3 is 0 Å². The number of anilines is 1. The van der Waals surface area contributed by atoms with Crippen molar-refractivity contribution in [3.8, 4) is 5.75 Å². The summed E-state index contributed by atoms with van der Waals surface area (Å²) in [5.41, 5.74) is 4.40. The highest BCUT2D eigenvalue weighted by Gasteiger charge is 2.27. The summed E-state index contributed by atoms with van der Waals surface area (Å²) in [6.45, 7) is 1.41. The van der Waals surface area contributed by atoms with Crippen LogP contribution in [0.3, 0.4) is 0 Å². The number of benzene rings is 3. The lowest BCUT2D eigenvalue weighted by atomic mass is 10.2. The number of nitrogens with one attached hydrogen (secondary N) is 1. The zero-order chi connectivity index (χ0) is 24.8. The van der Waals surface area contributed by atoms with Gasteiger partial charge in [0.1, 0.15) is 18.4 Å². The van der Waals surface area contributed by atoms with Crippen molar-refractivity contribution in [3.63, 3.8) is 0 Å². The Morgan fingerprint density at radius 2 is 1.86 bits per heavy atom. The van der Waals surface area contributed by atoms with E-state index in [1.54, 1.807) is 36.4 Å². The average Bonchev–Trinajstić information content (AvgIpc) is 2.81. The summed E-state index contributed by atoms with van der Waals surface area (Å²) < 4.78 is 33.6. The Kier molecular flexibility index (Phi) is 8.00. The molecule has 1 amide bonds. The van der Waals surface area contributed by atoms with Crippen molar-refractivity contribution in [1.29, 1.82) is 0 Å². The van der Waals surface area contributed by atoms with Crippen LogP contribution in [0.5, 0.6) is 5.75 Å². The van der Waals surface area contributed by atoms with Gasteiger partial charge in [-0.2, -0.15) is 16.9 Å². The van der Waals surface area contributed by atoms with Gasteiger partial charge in [-0.25, -0.2) is 13.8 Å². The second-order valence-corrected chi connectivity index (χ2v) is 11.3. The van der Waals surface area contributed by atoms with E-state index >= 15 is 0 Å². The lowest BCUT2D eigenvalue weighted by Crippen LogP contribution is -2.39. The third-order valence-electron chi connectivity index (χ3n) is 5.18. The summed E-state index contributed by atoms with van der Waals surface area (Å²) in [7, 11) is -4.01. The topological polar surface area (TPSA) is 88.1 Å². The third-order valence-corrected chi connectivity index (χ3v) is 8.44. The second-order valence-electron chi connectivity index (χ2n) is 7.94. The Bertz CT molecular complexity index is 1310. The van der Waals surface area contributed by atoms with Crippen molar-refractivity contribution in [2.45, 2.75) is 17.9 Å². The first-order valence-corrected chi connectivity index (χ1v) is 13.8. The van der Waals surface area contributed by atoms with E-state index in [2.05, 4.69) is 10.5 Å². The molecule has 1 saturated heterocycles. The van der Waals surface area contributed by atoms with E-state index < -0.39 is 22.5 Å². The van der Waals surface area contributed by atoms with E-state index in [9.17, 15) is 13.2 Å². The molecule has 10 heteroatoms. The number of ether oxygens (including phenoxy) is 1. The number of thioether (sulfide) groups is 1. The molecule has 1 aliphatic heterocycles. The van der Waals surface area contributed by atoms with Gasteiger partial charge in [0.05, 0.1) is 16.8 Å². The van der Waals surface area contributed by atoms with E-state index in [1.165, 1.54) is 18.3 Å². The molecule has 182 valence electrons. The highest BCUT2D eigenvalue weighted by atomic mass is 35.5. The molecule has 1 N–H and O–H groups in total. The minimum absolute atomic E-state index is 0.0797. The summed E-state index contributed by atoms with van der Waals surface area (Å²) in [6, 6.07) is 20.1. The van der Waals surface area contributed by atoms with Gasteiger partial charge < -0.3 is 4.74 Å². The molecule has 3 aromatic rings. The van der Waals surface area contributed by atoms with E-state index in [0.29, 0.717) is 10.7 Å². The molecule has 1 heterocycles. The molecule has 0 unspecified atom stereocenters. The first-order chi connectivity index (χ1) is 16.8. The quantitative estimate of drug-likeness (QED) is 0.326. The first kappa shape index (κ1) is 25.1. The number of carbonyl (C=O) groups excluding carboxylic acids is 1. The van der Waals surface area contributed by atoms with Gasteiger partial charge in [-0.05, 0) is 61.0 Å². The fourth-order valence-electron chi connectivity index (χ4n) is 3.25. The van der Waals surface area contributed by atoms with Crippen LogP contribution in [0.2, 0.25) is 5.02 Å². The number of nitrogens with zero attached hydrogens (tertiary/aromatic N) is 2. The van der Waals surface area contributed by atoms with E-state index in [4.69, 9.17) is 16.3 Å². The van der Waals surface area contributed by atoms with E-state index in [-0.39, 0.29) is 11.0 Å². The number of halogens is 1. The van der Waals surface area contributed by atoms with Crippen LogP contribution in [0.15, 0.2) is 82.8 Å². The first-order valence-electron chi connectivity index (χ1n) is 10.8. The largest absolute Gasteiger partial charge is 0.489 e. The molecular formula is C25H24ClN3O4S2. The molecule has 1 aliphatic rings. The summed E-state index contributed by atoms with van der Waals surface area (Å²) >= 11 is 7.81. The summed E-state index contributed by atoms with van der Waals surface area (Å²) in [5, 5.41) is 4.45. The number of rotatable bonds is 9. The predicted molar refractivity (Wildman–Crippen MR) is 141 cm³/mol. The number of carbonyl (C=O) groups is 1. The molecule has 0 aromatic heterocycles. The third kappa shape index (κ3) is 6.56. The number of hydrogen-bond donors (Lipinski definition) is 1. The Balaban J connectivity index is 1.48. The van der Waals surface area contributed by atoms with Gasteiger partial charge in [0.2, 0.25) is 0 Å². The number of sulfonamides is 1. The number of aryl methyl sites for hydroxylation is 1. The molecule has 0 atom stereocenters. The molecule has 3 aromatic carbocycles. The van der Waals surface area contributed by atoms with E-state index in [0.717, 1.165) is 32.7 Å². The van der Waals surface area contributed by atoms with Crippen molar-refractivity contribution in [1.82, 2.24) is 5.43 Å². The van der Waals surface area contributed by atoms with E-state index in [1.807, 2.05) is 43.0 Å². The van der Waals surface area contributed by atoms with Crippen molar-refractivity contribution >= 4 is 51.2 Å². The molecule has 4 rings (SSSR count). The average molecular weight is 530 g/mol. The van der Waals surface area contributed by atoms with Gasteiger partial charge in [-0.15, -0.1) is 0 Å². The van der Waals surface area contributed by atoms with Crippen LogP contribution in [0.25, 0.3) is 0 Å². The Morgan fingerprint density at radius 1 is 1.14 bits per heavy atom. The second kappa shape index (κ2) is 11.2. The standard InChI is InChI=1S/C25H24ClN3O4S2/c1-18-5-11-24(12-6-18)35(31,32)29(21-9-7-20(26)8-10-21)15-25(30)28-27-14-19-3-2-4-22(13-19)33-23-16-34-17-23/h2-14,23H,15-17H2,1H3,(H,28,30)/b27-14-. The van der Waals surface area contributed by atoms with Crippen LogP contribution >= 0.6 is 23.4 Å². The minimum atomic E-state index is -4.01. The molecule has 0 radical (unpaired) electrons. The van der Waals surface area contributed by atoms with Crippen LogP contribution in [0, 0.1) is 6.92 Å². The maximum Gasteiger partial charge on any atom is 0.264 e. The minimum Gasteiger partial charge on any atom is -0.489 e. The maximum absolute atomic E-state index is 13.4. The number of amides is 1. The van der Waals surface area contributed by atoms with Crippen LogP contribution in [-0.2, 0) is 14.8 Å². The zero-order valence-corrected chi connectivity index (χ0v) is 21.3. The molecule has 0 aliphatic carbocycles. The molecule has 1 fully saturated rings. The monoisotopic (exact) mass is 529 g/mol. The van der Waals surface area contributed by atoms with Crippen molar-refractivity contribution in [2.24, 2.45) is 5.10 Å². The summed E-state index contributed by atoms with van der Waals surface area (Å²) in [4.78, 5) is 12.8. The Labute approximate surface area is 214 Å². The molecule has 35 heavy (non-hydrogen) atoms. The predicted octanol–water partition coefficient (Wildman–Crippen LogP) is 4.49. The maximum atomic E-state index is 13.4. The Morgan fingerprint density at radius 3 is 2.51 bits per heavy atom. The van der Waals surface area contributed by atoms with Gasteiger partial charge in [0.25, 0.3) is 15.9 Å². The molecular weight excluding hydrogens is 506 g/mol. The van der Waals surface area contributed by atoms with Crippen molar-refractivity contribution < 1.29 is 17.9 Å². The fraction of sp³-hybridized carbons (Fsp3) is 0.200. The lowest BCUT2D eigenvalue weighted by Gasteiger charge is -2.25. The lowest BCUT2D eigenvalue weighted by molar-refractivity contribution is -0.119. The number of hydrazone groups is 1. The van der Waals surface area contributed by atoms with Crippen molar-refractivity contribution in [3.05, 3.63) is 88.9 Å². The SMILES string of the molecule is Cc1ccc(S(=O)(=O)N(CC(=O)N/N=C\c2cccc(OC3CSC3)c2)c2ccc(Cl)cc2)cc1. The van der Waals surface area contributed by atoms with Crippen LogP contribution < -0.4 is 14.5 Å². The highest BCUT2D eigenvalue weighted by molar-refractivity contribution is 8.00. The van der Waals surface area contributed by atoms with Crippen LogP contribution in [-0.4, -0.2) is 44.7 Å². The smallest absolute Gasteiger partial charge is 0.264 e.